The molecule has 0 saturated heterocycles. The van der Waals surface area contributed by atoms with Crippen LogP contribution in [0.5, 0.6) is 11.6 Å². The molecule has 1 aliphatic rings. The van der Waals surface area contributed by atoms with E-state index in [1.165, 1.54) is 36.0 Å². The number of nitrogens with zero attached hydrogens (tertiary/aromatic N) is 4. The molecule has 180 valence electrons. The number of benzene rings is 1. The number of nitrogens with one attached hydrogen (secondary N) is 1. The number of allylic oxidation sites excluding steroid dienone is 4. The van der Waals surface area contributed by atoms with Crippen molar-refractivity contribution in [2.75, 3.05) is 0 Å². The van der Waals surface area contributed by atoms with Crippen LogP contribution in [0.2, 0.25) is 5.02 Å². The van der Waals surface area contributed by atoms with Crippen molar-refractivity contribution in [2.45, 2.75) is 19.9 Å². The molecule has 0 radical (unpaired) electrons. The first-order chi connectivity index (χ1) is 16.7. The van der Waals surface area contributed by atoms with Gasteiger partial charge in [-0.05, 0) is 43.5 Å². The van der Waals surface area contributed by atoms with Gasteiger partial charge in [0.05, 0.1) is 16.3 Å². The number of ether oxygens (including phenoxy) is 1. The second-order valence-corrected chi connectivity index (χ2v) is 8.44. The van der Waals surface area contributed by atoms with E-state index in [9.17, 15) is 14.4 Å². The summed E-state index contributed by atoms with van der Waals surface area (Å²) in [5.41, 5.74) is 0.632. The van der Waals surface area contributed by atoms with Crippen LogP contribution >= 0.6 is 11.6 Å². The number of carbonyl (C=O) groups is 1. The van der Waals surface area contributed by atoms with Crippen LogP contribution in [0.1, 0.15) is 23.7 Å². The summed E-state index contributed by atoms with van der Waals surface area (Å²) in [6.45, 7) is 2.35. The minimum Gasteiger partial charge on any atom is -0.478 e. The highest BCUT2D eigenvalue weighted by molar-refractivity contribution is 6.32. The fraction of sp³-hybridized carbons (Fsp3) is 0.208. The van der Waals surface area contributed by atoms with Crippen molar-refractivity contribution < 1.29 is 14.6 Å². The highest BCUT2D eigenvalue weighted by atomic mass is 35.5. The number of carboxylic acid groups (broad SMARTS) is 1. The van der Waals surface area contributed by atoms with Gasteiger partial charge < -0.3 is 9.84 Å². The lowest BCUT2D eigenvalue weighted by Crippen LogP contribution is -2.49. The van der Waals surface area contributed by atoms with Gasteiger partial charge in [-0.15, -0.1) is 0 Å². The van der Waals surface area contributed by atoms with Crippen LogP contribution in [0.3, 0.4) is 0 Å². The minimum absolute atomic E-state index is 0.0313. The van der Waals surface area contributed by atoms with Gasteiger partial charge in [0.2, 0.25) is 11.5 Å². The summed E-state index contributed by atoms with van der Waals surface area (Å²) in [5, 5.41) is 9.18. The Morgan fingerprint density at radius 3 is 2.74 bits per heavy atom. The molecule has 2 N–H and O–H groups in total. The minimum atomic E-state index is -1.09. The Bertz CT molecular complexity index is 1530. The first kappa shape index (κ1) is 24.0. The fourth-order valence-electron chi connectivity index (χ4n) is 3.44. The Morgan fingerprint density at radius 1 is 1.31 bits per heavy atom. The van der Waals surface area contributed by atoms with Crippen molar-refractivity contribution in [1.29, 1.82) is 0 Å². The highest BCUT2D eigenvalue weighted by Gasteiger charge is 2.14. The molecule has 0 amide bonds. The van der Waals surface area contributed by atoms with Crippen molar-refractivity contribution in [3.63, 3.8) is 0 Å². The van der Waals surface area contributed by atoms with E-state index in [0.717, 1.165) is 16.6 Å². The van der Waals surface area contributed by atoms with Crippen LogP contribution in [0.25, 0.3) is 0 Å². The van der Waals surface area contributed by atoms with Crippen molar-refractivity contribution in [1.82, 2.24) is 19.1 Å². The largest absolute Gasteiger partial charge is 0.478 e. The number of aromatic amines is 1. The van der Waals surface area contributed by atoms with Crippen molar-refractivity contribution in [3.8, 4) is 11.6 Å². The highest BCUT2D eigenvalue weighted by Crippen LogP contribution is 2.31. The number of aromatic carboxylic acids is 1. The maximum atomic E-state index is 12.8. The smallest absolute Gasteiger partial charge is 0.337 e. The van der Waals surface area contributed by atoms with Crippen molar-refractivity contribution in [2.24, 2.45) is 18.0 Å². The van der Waals surface area contributed by atoms with E-state index in [1.54, 1.807) is 12.1 Å². The zero-order valence-corrected chi connectivity index (χ0v) is 19.7. The lowest BCUT2D eigenvalue weighted by Gasteiger charge is -2.17. The number of pyridine rings is 1. The maximum absolute atomic E-state index is 12.8. The van der Waals surface area contributed by atoms with Crippen LogP contribution in [0.4, 0.5) is 5.69 Å². The molecule has 3 aromatic rings. The molecule has 2 heterocycles. The number of hydrogen-bond donors (Lipinski definition) is 2. The van der Waals surface area contributed by atoms with E-state index in [1.807, 2.05) is 19.1 Å². The number of halogens is 1. The normalized spacial score (nSPS) is 15.7. The zero-order valence-electron chi connectivity index (χ0n) is 18.9. The second-order valence-electron chi connectivity index (χ2n) is 8.03. The molecule has 0 aliphatic heterocycles. The van der Waals surface area contributed by atoms with Crippen LogP contribution < -0.4 is 21.7 Å². The van der Waals surface area contributed by atoms with Gasteiger partial charge in [-0.25, -0.2) is 28.9 Å². The van der Waals surface area contributed by atoms with E-state index in [-0.39, 0.29) is 33.8 Å². The summed E-state index contributed by atoms with van der Waals surface area (Å²) >= 11 is 6.36. The van der Waals surface area contributed by atoms with Gasteiger partial charge in [-0.3, -0.25) is 9.55 Å². The molecule has 35 heavy (non-hydrogen) atoms. The summed E-state index contributed by atoms with van der Waals surface area (Å²) < 4.78 is 8.06. The van der Waals surface area contributed by atoms with E-state index in [0.29, 0.717) is 12.2 Å². The van der Waals surface area contributed by atoms with Gasteiger partial charge in [0.25, 0.3) is 0 Å². The molecule has 0 saturated carbocycles. The molecule has 1 atom stereocenters. The Balaban J connectivity index is 1.65. The molecule has 2 aromatic heterocycles. The van der Waals surface area contributed by atoms with Crippen LogP contribution in [0.15, 0.2) is 74.9 Å². The summed E-state index contributed by atoms with van der Waals surface area (Å²) in [4.78, 5) is 47.1. The number of rotatable bonds is 6. The monoisotopic (exact) mass is 495 g/mol. The van der Waals surface area contributed by atoms with E-state index >= 15 is 0 Å². The third-order valence-electron chi connectivity index (χ3n) is 5.44. The average molecular weight is 496 g/mol. The summed E-state index contributed by atoms with van der Waals surface area (Å²) in [7, 11) is 1.41. The number of carboxylic acids is 1. The predicted octanol–water partition coefficient (Wildman–Crippen LogP) is 3.17. The lowest BCUT2D eigenvalue weighted by atomic mass is 9.97. The molecular formula is C24H22ClN5O5. The van der Waals surface area contributed by atoms with Crippen LogP contribution in [-0.4, -0.2) is 30.2 Å². The van der Waals surface area contributed by atoms with Gasteiger partial charge in [0.15, 0.2) is 0 Å². The summed E-state index contributed by atoms with van der Waals surface area (Å²) in [6.07, 6.45) is 8.09. The number of hydrogen-bond acceptors (Lipinski definition) is 6. The quantitative estimate of drug-likeness (QED) is 0.540. The molecule has 4 rings (SSSR count). The Labute approximate surface area is 204 Å². The van der Waals surface area contributed by atoms with Gasteiger partial charge in [0.1, 0.15) is 5.75 Å². The Kier molecular flexibility index (Phi) is 6.83. The predicted molar refractivity (Wildman–Crippen MR) is 129 cm³/mol. The molecular weight excluding hydrogens is 474 g/mol. The second kappa shape index (κ2) is 9.98. The first-order valence-corrected chi connectivity index (χ1v) is 11.1. The van der Waals surface area contributed by atoms with E-state index in [2.05, 4.69) is 21.0 Å². The molecule has 0 bridgehead atoms. The van der Waals surface area contributed by atoms with Gasteiger partial charge >= 0.3 is 17.3 Å². The molecule has 10 nitrogen and oxygen atoms in total. The Hall–Kier alpha value is -4.18. The zero-order chi connectivity index (χ0) is 25.1. The van der Waals surface area contributed by atoms with Crippen LogP contribution in [-0.2, 0) is 13.6 Å². The van der Waals surface area contributed by atoms with Gasteiger partial charge in [-0.1, -0.05) is 35.4 Å². The van der Waals surface area contributed by atoms with Gasteiger partial charge in [-0.2, -0.15) is 0 Å². The average Bonchev–Trinajstić information content (AvgIpc) is 2.83. The summed E-state index contributed by atoms with van der Waals surface area (Å²) in [6, 6.07) is 7.48. The van der Waals surface area contributed by atoms with Crippen LogP contribution in [0, 0.1) is 5.92 Å². The molecule has 0 spiro atoms. The number of aromatic nitrogens is 4. The number of H-pyrrole nitrogens is 1. The van der Waals surface area contributed by atoms with Crippen molar-refractivity contribution in [3.05, 3.63) is 97.5 Å². The standard InChI is InChI=1S/C24H22ClN5O5/c1-14-3-5-15(6-4-14)13-30-22(28-23(33)29(2)24(30)34)27-17-8-9-19(18(25)11-17)35-20-10-7-16(12-26-20)21(31)32/h3-5,7-12,15H,6,13H2,1-2H3,(H,31,32)(H,27,28,33). The molecule has 1 aromatic carbocycles. The van der Waals surface area contributed by atoms with E-state index in [4.69, 9.17) is 21.4 Å². The maximum Gasteiger partial charge on any atom is 0.337 e. The topological polar surface area (TPSA) is 132 Å². The molecule has 11 heteroatoms. The summed E-state index contributed by atoms with van der Waals surface area (Å²) in [5.74, 6) is -0.568. The SMILES string of the molecule is CC1=CCC(Cn2c(=O)n(C)c(=O)[nH]/c2=N\c2ccc(Oc3ccc(C(=O)O)cn3)c(Cl)c2)C=C1. The third-order valence-corrected chi connectivity index (χ3v) is 5.73. The fourth-order valence-corrected chi connectivity index (χ4v) is 3.66. The third kappa shape index (κ3) is 5.49. The molecule has 0 fully saturated rings. The van der Waals surface area contributed by atoms with Crippen molar-refractivity contribution >= 4 is 23.3 Å². The van der Waals surface area contributed by atoms with E-state index < -0.39 is 17.3 Å². The lowest BCUT2D eigenvalue weighted by molar-refractivity contribution is 0.0696. The van der Waals surface area contributed by atoms with Gasteiger partial charge in [0, 0.05) is 25.9 Å². The Morgan fingerprint density at radius 2 is 2.11 bits per heavy atom. The molecule has 1 unspecified atom stereocenters. The first-order valence-electron chi connectivity index (χ1n) is 10.7. The molecule has 1 aliphatic carbocycles.